The average molecular weight is 1880 g/mol. The van der Waals surface area contributed by atoms with Gasteiger partial charge in [-0.2, -0.15) is 31.6 Å². The molecule has 7 aromatic carbocycles. The number of piperazine rings is 3. The van der Waals surface area contributed by atoms with E-state index >= 15 is 8.78 Å². The zero-order valence-corrected chi connectivity index (χ0v) is 80.8. The normalized spacial score (nSPS) is 19.7. The van der Waals surface area contributed by atoms with Crippen LogP contribution in [0.15, 0.2) is 165 Å². The van der Waals surface area contributed by atoms with E-state index in [2.05, 4.69) is 238 Å². The molecule has 27 nitrogen and oxygen atoms in total. The topological polar surface area (TPSA) is 299 Å². The minimum Gasteiger partial charge on any atom is -0.473 e. The van der Waals surface area contributed by atoms with Gasteiger partial charge in [-0.15, -0.1) is 0 Å². The maximum absolute atomic E-state index is 15.9. The minimum absolute atomic E-state index is 0.138. The van der Waals surface area contributed by atoms with Crippen LogP contribution in [-0.4, -0.2) is 237 Å². The van der Waals surface area contributed by atoms with Gasteiger partial charge in [-0.05, 0) is 181 Å². The Morgan fingerprint density at radius 3 is 1.15 bits per heavy atom. The molecule has 19 rings (SSSR count). The van der Waals surface area contributed by atoms with Gasteiger partial charge in [0.2, 0.25) is 35.4 Å². The molecule has 0 saturated carbocycles. The number of benzene rings is 7. The summed E-state index contributed by atoms with van der Waals surface area (Å²) in [6.07, 6.45) is 9.02. The number of piperidine rings is 2. The summed E-state index contributed by atoms with van der Waals surface area (Å²) in [4.78, 5) is 77.8. The first kappa shape index (κ1) is 96.9. The maximum Gasteiger partial charge on any atom is 0.246 e. The Labute approximate surface area is 818 Å². The second-order valence-electron chi connectivity index (χ2n) is 38.5. The van der Waals surface area contributed by atoms with E-state index in [0.29, 0.717) is 142 Å². The number of ether oxygens (including phenoxy) is 3. The Morgan fingerprint density at radius 2 is 0.771 bits per heavy atom. The highest BCUT2D eigenvalue weighted by atomic mass is 19.1. The summed E-state index contributed by atoms with van der Waals surface area (Å²) in [6.45, 7) is 28.7. The Hall–Kier alpha value is -14.7. The van der Waals surface area contributed by atoms with E-state index in [4.69, 9.17) is 29.2 Å². The zero-order chi connectivity index (χ0) is 98.2. The molecule has 9 aliphatic rings. The number of aryl methyl sites for hydroxylation is 3. The zero-order valence-electron chi connectivity index (χ0n) is 80.8. The molecule has 29 heteroatoms. The Kier molecular flexibility index (Phi) is 29.3. The van der Waals surface area contributed by atoms with Crippen LogP contribution >= 0.6 is 0 Å². The summed E-state index contributed by atoms with van der Waals surface area (Å²) in [5, 5.41) is 67.9. The number of pyridine rings is 3. The lowest BCUT2D eigenvalue weighted by atomic mass is 9.94. The van der Waals surface area contributed by atoms with Crippen LogP contribution in [0.25, 0.3) is 32.3 Å². The largest absolute Gasteiger partial charge is 0.473 e. The highest BCUT2D eigenvalue weighted by Crippen LogP contribution is 2.47. The third kappa shape index (κ3) is 20.0. The van der Waals surface area contributed by atoms with Gasteiger partial charge < -0.3 is 73.0 Å². The summed E-state index contributed by atoms with van der Waals surface area (Å²) < 4.78 is 50.8. The van der Waals surface area contributed by atoms with Crippen molar-refractivity contribution < 1.29 is 37.4 Å². The maximum atomic E-state index is 15.9. The lowest BCUT2D eigenvalue weighted by Gasteiger charge is -2.43. The first-order valence-electron chi connectivity index (χ1n) is 48.6. The Bertz CT molecular complexity index is 6740. The highest BCUT2D eigenvalue weighted by Gasteiger charge is 2.43. The number of carbonyl (C=O) groups is 3. The molecule has 0 N–H and O–H groups in total. The second kappa shape index (κ2) is 42.3. The number of nitriles is 6. The van der Waals surface area contributed by atoms with Crippen molar-refractivity contribution >= 4 is 84.2 Å². The van der Waals surface area contributed by atoms with E-state index in [9.17, 15) is 46.0 Å². The quantitative estimate of drug-likeness (QED) is 0.0640. The minimum atomic E-state index is -1.54. The third-order valence-electron chi connectivity index (χ3n) is 29.4. The predicted molar refractivity (Wildman–Crippen MR) is 540 cm³/mol. The van der Waals surface area contributed by atoms with Crippen LogP contribution in [0.3, 0.4) is 0 Å². The smallest absolute Gasteiger partial charge is 0.246 e. The third-order valence-corrected chi connectivity index (χ3v) is 29.4. The molecule has 3 amide bonds. The van der Waals surface area contributed by atoms with E-state index in [1.807, 2.05) is 31.1 Å². The van der Waals surface area contributed by atoms with Gasteiger partial charge >= 0.3 is 0 Å². The fraction of sp³-hybridized carbons (Fsp3) is 0.405. The van der Waals surface area contributed by atoms with E-state index in [1.165, 1.54) is 78.5 Å². The van der Waals surface area contributed by atoms with Crippen LogP contribution in [0, 0.1) is 88.8 Å². The highest BCUT2D eigenvalue weighted by molar-refractivity contribution is 6.00. The molecule has 3 aromatic heterocycles. The van der Waals surface area contributed by atoms with Gasteiger partial charge in [0, 0.05) is 167 Å². The van der Waals surface area contributed by atoms with Gasteiger partial charge in [0.25, 0.3) is 0 Å². The summed E-state index contributed by atoms with van der Waals surface area (Å²) in [5.74, 6) is 0.703. The van der Waals surface area contributed by atoms with Crippen molar-refractivity contribution in [2.24, 2.45) is 0 Å². The van der Waals surface area contributed by atoms with Crippen molar-refractivity contribution in [1.29, 1.82) is 31.6 Å². The number of likely N-dealkylation sites (N-methyl/N-ethyl adjacent to an activating group) is 1. The number of alkyl halides is 2. The lowest BCUT2D eigenvalue weighted by molar-refractivity contribution is -0.129. The van der Waals surface area contributed by atoms with Crippen molar-refractivity contribution in [3.8, 4) is 59.8 Å². The number of rotatable bonds is 20. The molecule has 5 saturated heterocycles. The second-order valence-corrected chi connectivity index (χ2v) is 38.5. The van der Waals surface area contributed by atoms with E-state index in [1.54, 1.807) is 14.7 Å². The molecule has 12 heterocycles. The number of amides is 3. The lowest BCUT2D eigenvalue weighted by Crippen LogP contribution is -2.55. The number of hydrogen-bond donors (Lipinski definition) is 0. The van der Waals surface area contributed by atoms with Crippen molar-refractivity contribution in [3.63, 3.8) is 0 Å². The van der Waals surface area contributed by atoms with E-state index < -0.39 is 11.3 Å². The van der Waals surface area contributed by atoms with Gasteiger partial charge in [0.1, 0.15) is 59.5 Å². The first-order valence-corrected chi connectivity index (χ1v) is 48.6. The van der Waals surface area contributed by atoms with Gasteiger partial charge in [-0.1, -0.05) is 123 Å². The average Bonchev–Trinajstić information content (AvgIpc) is 0.752. The standard InChI is InChI=1S/C39H39N7O2.2C36H40FN7O2/c1-4-36(47)46-21-20-45(24-29(46)14-17-40)38-31-16-19-44(34-12-6-10-27-9-5-8-26(2)37(27)34)25-33(31)42-39(32(38)22-41)48-35-13-7-11-28-23-43(3)18-15-30(28)35;1-4-32(45)44-19-18-43(21-27(44)12-15-38)34-28-13-17-42(31-11-6-10-26-9-5-8-25(2)33(26)31)22-30(28)40-35(29(34)20-39)46-24-36(37)14-7-16-41(3)23-36;1-4-32(45)44-20-19-43(22-27(44)11-15-38)34-28-12-16-42(31-10-6-9-26-8-5-7-25(2)33(26)31)23-30(28)40-35(29(34)21-39)46-24-36(37)13-17-41(3)18-14-36/h4-13,29H,1,14-16,18-21,23-25H2,2-3H3;4-6,8-11,27H,1,7,12-14,16-19,21-24H2,2-3H3;4-10,27H,1,11-14,16-20,22-24H2,2-3H3/t29-;27-,36+;27-/m000/s1. The molecule has 0 bridgehead atoms. The monoisotopic (exact) mass is 1880 g/mol. The number of halogens is 2. The summed E-state index contributed by atoms with van der Waals surface area (Å²) in [5.41, 5.74) is 15.0. The molecule has 4 atom stereocenters. The molecule has 0 unspecified atom stereocenters. The molecule has 0 aliphatic carbocycles. The molecule has 140 heavy (non-hydrogen) atoms. The number of anilines is 6. The molecular formula is C111H119F2N21O6. The Morgan fingerprint density at radius 1 is 0.407 bits per heavy atom. The number of carbonyl (C=O) groups excluding carboxylic acids is 3. The molecule has 718 valence electrons. The van der Waals surface area contributed by atoms with Crippen molar-refractivity contribution in [1.82, 2.24) is 44.4 Å². The fourth-order valence-electron chi connectivity index (χ4n) is 22.3. The Balaban J connectivity index is 0.000000145. The van der Waals surface area contributed by atoms with Gasteiger partial charge in [0.15, 0.2) is 5.67 Å². The number of hydrogen-bond acceptors (Lipinski definition) is 24. The predicted octanol–water partition coefficient (Wildman–Crippen LogP) is 15.7. The molecule has 0 spiro atoms. The van der Waals surface area contributed by atoms with Crippen LogP contribution in [0.5, 0.6) is 23.4 Å². The SMILES string of the molecule is C=CC(=O)N1CCN(c2c(C#N)c(OCC3(F)CCN(C)CC3)nc3c2CCN(c2cccc4cccc(C)c24)C3)C[C@@H]1CC#N.C=CC(=O)N1CCN(c2c(C#N)c(OC[C@@]3(F)CCCN(C)C3)nc3c2CCN(c2cccc4cccc(C)c24)C3)C[C@@H]1CC#N.C=CC(=O)N1CCN(c2c(C#N)c(Oc3cccc4c3CCN(C)C4)nc3c2CCN(c2cccc4cccc(C)c24)C3)C[C@@H]1CC#N. The van der Waals surface area contributed by atoms with Crippen LogP contribution in [0.2, 0.25) is 0 Å². The van der Waals surface area contributed by atoms with Gasteiger partial charge in [0.05, 0.1) is 109 Å². The van der Waals surface area contributed by atoms with Crippen LogP contribution in [0.1, 0.15) is 123 Å². The van der Waals surface area contributed by atoms with Gasteiger partial charge in [-0.25, -0.2) is 23.7 Å². The molecule has 0 radical (unpaired) electrons. The van der Waals surface area contributed by atoms with Crippen molar-refractivity contribution in [2.75, 3.05) is 175 Å². The molecule has 5 fully saturated rings. The number of fused-ring (bicyclic) bond motifs is 7. The first-order chi connectivity index (χ1) is 67.9. The van der Waals surface area contributed by atoms with Crippen LogP contribution in [0.4, 0.5) is 42.9 Å². The van der Waals surface area contributed by atoms with Crippen LogP contribution in [-0.2, 0) is 66.2 Å². The van der Waals surface area contributed by atoms with E-state index in [-0.39, 0.29) is 97.8 Å². The van der Waals surface area contributed by atoms with Crippen molar-refractivity contribution in [2.45, 2.75) is 147 Å². The summed E-state index contributed by atoms with van der Waals surface area (Å²) in [6, 6.07) is 57.0. The fourth-order valence-corrected chi connectivity index (χ4v) is 22.3. The van der Waals surface area contributed by atoms with E-state index in [0.717, 1.165) is 126 Å². The van der Waals surface area contributed by atoms with Gasteiger partial charge in [-0.3, -0.25) is 14.4 Å². The summed E-state index contributed by atoms with van der Waals surface area (Å²) in [7, 11) is 6.00. The molecule has 9 aliphatic heterocycles. The van der Waals surface area contributed by atoms with Crippen molar-refractivity contribution in [3.05, 3.63) is 244 Å². The molecular weight excluding hydrogens is 1760 g/mol. The number of aromatic nitrogens is 3. The number of nitrogens with zero attached hydrogens (tertiary/aromatic N) is 21. The van der Waals surface area contributed by atoms with Crippen LogP contribution < -0.4 is 43.6 Å². The molecule has 10 aromatic rings. The number of likely N-dealkylation sites (tertiary alicyclic amines) is 2. The summed E-state index contributed by atoms with van der Waals surface area (Å²) >= 11 is 0.